The van der Waals surface area contributed by atoms with E-state index in [-0.39, 0.29) is 18.4 Å². The van der Waals surface area contributed by atoms with Gasteiger partial charge in [-0.3, -0.25) is 4.79 Å². The second kappa shape index (κ2) is 6.56. The van der Waals surface area contributed by atoms with Gasteiger partial charge in [0.25, 0.3) is 5.91 Å². The van der Waals surface area contributed by atoms with Crippen LogP contribution in [0.1, 0.15) is 10.4 Å². The van der Waals surface area contributed by atoms with Crippen molar-refractivity contribution in [2.45, 2.75) is 0 Å². The number of guanidine groups is 1. The van der Waals surface area contributed by atoms with Crippen molar-refractivity contribution in [2.24, 2.45) is 16.5 Å². The van der Waals surface area contributed by atoms with Gasteiger partial charge in [-0.05, 0) is 23.3 Å². The predicted octanol–water partition coefficient (Wildman–Crippen LogP) is 2.19. The number of rotatable bonds is 2. The molecule has 0 saturated carbocycles. The second-order valence-corrected chi connectivity index (χ2v) is 3.79. The first-order valence-corrected chi connectivity index (χ1v) is 5.46. The fourth-order valence-electron chi connectivity index (χ4n) is 1.64. The minimum absolute atomic E-state index is 0. The third-order valence-electron chi connectivity index (χ3n) is 2.45. The Hall–Kier alpha value is -2.33. The Morgan fingerprint density at radius 1 is 0.895 bits per heavy atom. The number of hydrogen-bond donors (Lipinski definition) is 2. The first-order chi connectivity index (χ1) is 8.66. The summed E-state index contributed by atoms with van der Waals surface area (Å²) in [4.78, 5) is 15.2. The highest BCUT2D eigenvalue weighted by molar-refractivity contribution is 6.02. The molecule has 4 nitrogen and oxygen atoms in total. The van der Waals surface area contributed by atoms with Crippen molar-refractivity contribution in [3.8, 4) is 11.1 Å². The van der Waals surface area contributed by atoms with Gasteiger partial charge in [-0.25, -0.2) is 0 Å². The molecule has 4 N–H and O–H groups in total. The maximum atomic E-state index is 11.7. The van der Waals surface area contributed by atoms with Gasteiger partial charge in [0.1, 0.15) is 0 Å². The molecule has 2 aromatic carbocycles. The van der Waals surface area contributed by atoms with Crippen LogP contribution >= 0.6 is 12.4 Å². The van der Waals surface area contributed by atoms with Gasteiger partial charge in [0.15, 0.2) is 5.96 Å². The van der Waals surface area contributed by atoms with Crippen LogP contribution in [0, 0.1) is 0 Å². The van der Waals surface area contributed by atoms with E-state index < -0.39 is 5.91 Å². The fourth-order valence-corrected chi connectivity index (χ4v) is 1.64. The van der Waals surface area contributed by atoms with E-state index in [1.807, 2.05) is 36.4 Å². The number of amides is 1. The lowest BCUT2D eigenvalue weighted by molar-refractivity contribution is 0.100. The Morgan fingerprint density at radius 2 is 1.53 bits per heavy atom. The van der Waals surface area contributed by atoms with Crippen LogP contribution in [-0.4, -0.2) is 11.9 Å². The summed E-state index contributed by atoms with van der Waals surface area (Å²) in [5, 5.41) is 0. The largest absolute Gasteiger partial charge is 0.370 e. The topological polar surface area (TPSA) is 81.5 Å². The Bertz CT molecular complexity index is 593. The SMILES string of the molecule is Cl.NC(N)=NC(=O)c1cccc(-c2ccccc2)c1. The quantitative estimate of drug-likeness (QED) is 0.651. The predicted molar refractivity (Wildman–Crippen MR) is 79.3 cm³/mol. The Labute approximate surface area is 117 Å². The summed E-state index contributed by atoms with van der Waals surface area (Å²) in [5.41, 5.74) is 12.8. The number of nitrogens with zero attached hydrogens (tertiary/aromatic N) is 1. The minimum Gasteiger partial charge on any atom is -0.370 e. The molecule has 0 heterocycles. The first kappa shape index (κ1) is 14.7. The molecule has 0 bridgehead atoms. The van der Waals surface area contributed by atoms with Gasteiger partial charge in [-0.1, -0.05) is 42.5 Å². The zero-order chi connectivity index (χ0) is 13.0. The smallest absolute Gasteiger partial charge is 0.280 e. The molecule has 1 amide bonds. The van der Waals surface area contributed by atoms with Crippen LogP contribution < -0.4 is 11.5 Å². The highest BCUT2D eigenvalue weighted by atomic mass is 35.5. The third kappa shape index (κ3) is 3.82. The van der Waals surface area contributed by atoms with Gasteiger partial charge in [-0.2, -0.15) is 4.99 Å². The monoisotopic (exact) mass is 275 g/mol. The molecular formula is C14H14ClN3O. The van der Waals surface area contributed by atoms with Crippen LogP contribution in [-0.2, 0) is 0 Å². The molecule has 2 rings (SSSR count). The maximum Gasteiger partial charge on any atom is 0.280 e. The fraction of sp³-hybridized carbons (Fsp3) is 0. The van der Waals surface area contributed by atoms with Crippen molar-refractivity contribution in [3.63, 3.8) is 0 Å². The van der Waals surface area contributed by atoms with Gasteiger partial charge in [0.05, 0.1) is 0 Å². The summed E-state index contributed by atoms with van der Waals surface area (Å²) in [6.07, 6.45) is 0. The standard InChI is InChI=1S/C14H13N3O.ClH/c15-14(16)17-13(18)12-8-4-7-11(9-12)10-5-2-1-3-6-10;/h1-9H,(H4,15,16,17,18);1H. The lowest BCUT2D eigenvalue weighted by atomic mass is 10.0. The van der Waals surface area contributed by atoms with Gasteiger partial charge >= 0.3 is 0 Å². The molecule has 0 aromatic heterocycles. The van der Waals surface area contributed by atoms with E-state index in [1.165, 1.54) is 0 Å². The molecule has 0 unspecified atom stereocenters. The molecule has 5 heteroatoms. The number of nitrogens with two attached hydrogens (primary N) is 2. The van der Waals surface area contributed by atoms with E-state index in [2.05, 4.69) is 4.99 Å². The summed E-state index contributed by atoms with van der Waals surface area (Å²) in [6.45, 7) is 0. The first-order valence-electron chi connectivity index (χ1n) is 5.46. The number of carbonyl (C=O) groups is 1. The number of carbonyl (C=O) groups excluding carboxylic acids is 1. The zero-order valence-corrected chi connectivity index (χ0v) is 10.9. The number of hydrogen-bond acceptors (Lipinski definition) is 1. The van der Waals surface area contributed by atoms with Crippen molar-refractivity contribution >= 4 is 24.3 Å². The molecule has 0 fully saturated rings. The molecule has 0 aliphatic rings. The van der Waals surface area contributed by atoms with E-state index in [4.69, 9.17) is 11.5 Å². The summed E-state index contributed by atoms with van der Waals surface area (Å²) in [7, 11) is 0. The molecule has 0 aliphatic heterocycles. The highest BCUT2D eigenvalue weighted by Gasteiger charge is 2.06. The molecule has 0 aliphatic carbocycles. The van der Waals surface area contributed by atoms with Crippen LogP contribution in [0.15, 0.2) is 59.6 Å². The average Bonchev–Trinajstić information content (AvgIpc) is 2.39. The third-order valence-corrected chi connectivity index (χ3v) is 2.45. The van der Waals surface area contributed by atoms with Crippen molar-refractivity contribution in [1.82, 2.24) is 0 Å². The lowest BCUT2D eigenvalue weighted by Crippen LogP contribution is -2.24. The van der Waals surface area contributed by atoms with Crippen LogP contribution in [0.2, 0.25) is 0 Å². The van der Waals surface area contributed by atoms with E-state index in [9.17, 15) is 4.79 Å². The van der Waals surface area contributed by atoms with Gasteiger partial charge in [0, 0.05) is 5.56 Å². The number of benzene rings is 2. The van der Waals surface area contributed by atoms with Crippen molar-refractivity contribution in [2.75, 3.05) is 0 Å². The van der Waals surface area contributed by atoms with E-state index >= 15 is 0 Å². The summed E-state index contributed by atoms with van der Waals surface area (Å²) in [5.74, 6) is -0.669. The molecule has 0 atom stereocenters. The van der Waals surface area contributed by atoms with Crippen molar-refractivity contribution < 1.29 is 4.79 Å². The van der Waals surface area contributed by atoms with Gasteiger partial charge < -0.3 is 11.5 Å². The number of halogens is 1. The molecule has 19 heavy (non-hydrogen) atoms. The Kier molecular flexibility index (Phi) is 5.09. The van der Waals surface area contributed by atoms with E-state index in [1.54, 1.807) is 18.2 Å². The van der Waals surface area contributed by atoms with Gasteiger partial charge in [0.2, 0.25) is 0 Å². The summed E-state index contributed by atoms with van der Waals surface area (Å²) < 4.78 is 0. The molecule has 0 spiro atoms. The summed E-state index contributed by atoms with van der Waals surface area (Å²) >= 11 is 0. The average molecular weight is 276 g/mol. The molecule has 0 radical (unpaired) electrons. The van der Waals surface area contributed by atoms with Crippen LogP contribution in [0.3, 0.4) is 0 Å². The second-order valence-electron chi connectivity index (χ2n) is 3.79. The van der Waals surface area contributed by atoms with E-state index in [0.717, 1.165) is 11.1 Å². The minimum atomic E-state index is -0.437. The lowest BCUT2D eigenvalue weighted by Gasteiger charge is -2.03. The van der Waals surface area contributed by atoms with Crippen molar-refractivity contribution in [1.29, 1.82) is 0 Å². The Balaban J connectivity index is 0.00000180. The molecule has 98 valence electrons. The number of aliphatic imine (C=N–C) groups is 1. The van der Waals surface area contributed by atoms with E-state index in [0.29, 0.717) is 5.56 Å². The Morgan fingerprint density at radius 3 is 2.16 bits per heavy atom. The normalized spacial score (nSPS) is 9.26. The molecule has 0 saturated heterocycles. The molecule has 2 aromatic rings. The van der Waals surface area contributed by atoms with Crippen LogP contribution in [0.4, 0.5) is 0 Å². The molecular weight excluding hydrogens is 262 g/mol. The maximum absolute atomic E-state index is 11.7. The zero-order valence-electron chi connectivity index (χ0n) is 10.1. The van der Waals surface area contributed by atoms with Crippen molar-refractivity contribution in [3.05, 3.63) is 60.2 Å². The summed E-state index contributed by atoms with van der Waals surface area (Å²) in [6, 6.07) is 17.0. The highest BCUT2D eigenvalue weighted by Crippen LogP contribution is 2.20. The van der Waals surface area contributed by atoms with Gasteiger partial charge in [-0.15, -0.1) is 12.4 Å². The van der Waals surface area contributed by atoms with Crippen LogP contribution in [0.25, 0.3) is 11.1 Å². The van der Waals surface area contributed by atoms with Crippen LogP contribution in [0.5, 0.6) is 0 Å².